The Morgan fingerprint density at radius 1 is 0.578 bits per heavy atom. The third kappa shape index (κ3) is 16.8. The van der Waals surface area contributed by atoms with Gasteiger partial charge < -0.3 is 53.4 Å². The number of benzene rings is 4. The number of aliphatic hydroxyl groups is 2. The van der Waals surface area contributed by atoms with Crippen LogP contribution in [0.3, 0.4) is 0 Å². The largest absolute Gasteiger partial charge is 0.491 e. The highest BCUT2D eigenvalue weighted by atomic mass is 35.5. The van der Waals surface area contributed by atoms with E-state index < -0.39 is 12.2 Å². The lowest BCUT2D eigenvalue weighted by Gasteiger charge is -2.28. The quantitative estimate of drug-likeness (QED) is 0.0670. The molecule has 4 aliphatic heterocycles. The van der Waals surface area contributed by atoms with Gasteiger partial charge in [0.25, 0.3) is 0 Å². The summed E-state index contributed by atoms with van der Waals surface area (Å²) < 4.78 is 43.5. The number of aliphatic hydroxyl groups excluding tert-OH is 2. The second-order valence-corrected chi connectivity index (χ2v) is 17.5. The normalized spacial score (nSPS) is 19.2. The summed E-state index contributed by atoms with van der Waals surface area (Å²) in [5.74, 6) is 3.37. The number of hydrogen-bond donors (Lipinski definition) is 3. The van der Waals surface area contributed by atoms with Crippen molar-refractivity contribution in [1.82, 2.24) is 10.2 Å². The van der Waals surface area contributed by atoms with Crippen LogP contribution < -0.4 is 24.3 Å². The molecule has 0 aliphatic carbocycles. The fourth-order valence-electron chi connectivity index (χ4n) is 6.99. The van der Waals surface area contributed by atoms with Crippen LogP contribution in [-0.4, -0.2) is 144 Å². The van der Waals surface area contributed by atoms with Gasteiger partial charge in [-0.3, -0.25) is 4.90 Å². The Labute approximate surface area is 386 Å². The van der Waals surface area contributed by atoms with E-state index in [-0.39, 0.29) is 49.6 Å². The van der Waals surface area contributed by atoms with Gasteiger partial charge in [-0.25, -0.2) is 0 Å². The van der Waals surface area contributed by atoms with Crippen LogP contribution in [0, 0.1) is 0 Å². The number of β-amino-alcohol motifs (C(OH)–C–C–N with tert-alkyl or cyclic N) is 1. The Balaban J connectivity index is 0.000000214. The predicted molar refractivity (Wildman–Crippen MR) is 252 cm³/mol. The van der Waals surface area contributed by atoms with Crippen LogP contribution in [0.15, 0.2) is 97.1 Å². The molecule has 13 heteroatoms. The summed E-state index contributed by atoms with van der Waals surface area (Å²) in [5, 5.41) is 23.0. The highest BCUT2D eigenvalue weighted by Gasteiger charge is 2.27. The van der Waals surface area contributed by atoms with Gasteiger partial charge in [-0.05, 0) is 70.8 Å². The number of epoxide rings is 2. The highest BCUT2D eigenvalue weighted by molar-refractivity contribution is 6.18. The number of morpholine rings is 2. The number of ether oxygens (including phenoxy) is 8. The first kappa shape index (κ1) is 51.0. The molecule has 4 fully saturated rings. The van der Waals surface area contributed by atoms with E-state index in [1.807, 2.05) is 60.7 Å². The zero-order valence-corrected chi connectivity index (χ0v) is 38.1. The van der Waals surface area contributed by atoms with Crippen molar-refractivity contribution in [1.29, 1.82) is 0 Å². The molecule has 4 aromatic rings. The van der Waals surface area contributed by atoms with Crippen LogP contribution in [0.5, 0.6) is 23.0 Å². The zero-order chi connectivity index (χ0) is 44.5. The van der Waals surface area contributed by atoms with Gasteiger partial charge >= 0.3 is 0 Å². The second-order valence-electron chi connectivity index (χ2n) is 17.2. The van der Waals surface area contributed by atoms with Crippen molar-refractivity contribution in [2.45, 2.75) is 70.4 Å². The zero-order valence-electron chi connectivity index (χ0n) is 37.3. The first-order valence-corrected chi connectivity index (χ1v) is 22.7. The SMILES string of the molecule is C.C1COCCN1.CC(C)(c1ccc(OCC(O)CCl)cc1)c1ccc(OCC(O)CN2CCOCC2)cc1.CC(C)(c1ccc(OCC2CO2)cc1)c1ccc(OCC2CO2)cc1. The van der Waals surface area contributed by atoms with Gasteiger partial charge in [0.15, 0.2) is 0 Å². The molecule has 0 bridgehead atoms. The van der Waals surface area contributed by atoms with E-state index in [1.54, 1.807) is 0 Å². The molecule has 352 valence electrons. The van der Waals surface area contributed by atoms with Crippen molar-refractivity contribution >= 4 is 11.6 Å². The van der Waals surface area contributed by atoms with E-state index in [2.05, 4.69) is 74.3 Å². The number of alkyl halides is 1. The van der Waals surface area contributed by atoms with Crippen LogP contribution in [-0.2, 0) is 29.8 Å². The Morgan fingerprint density at radius 2 is 0.922 bits per heavy atom. The molecule has 8 rings (SSSR count). The fraction of sp³-hybridized carbons (Fsp3) is 0.529. The smallest absolute Gasteiger partial charge is 0.119 e. The van der Waals surface area contributed by atoms with E-state index in [1.165, 1.54) is 11.1 Å². The second kappa shape index (κ2) is 25.7. The summed E-state index contributed by atoms with van der Waals surface area (Å²) in [7, 11) is 0. The van der Waals surface area contributed by atoms with E-state index in [0.29, 0.717) is 25.5 Å². The molecule has 3 N–H and O–H groups in total. The van der Waals surface area contributed by atoms with Crippen LogP contribution in [0.1, 0.15) is 57.4 Å². The van der Waals surface area contributed by atoms with Crippen LogP contribution in [0.25, 0.3) is 0 Å². The number of hydrogen-bond acceptors (Lipinski definition) is 12. The number of nitrogens with zero attached hydrogens (tertiary/aromatic N) is 1. The van der Waals surface area contributed by atoms with Crippen molar-refractivity contribution in [2.75, 3.05) is 105 Å². The molecule has 0 amide bonds. The summed E-state index contributed by atoms with van der Waals surface area (Å²) >= 11 is 5.60. The van der Waals surface area contributed by atoms with Crippen molar-refractivity contribution in [3.8, 4) is 23.0 Å². The Hall–Kier alpha value is -3.95. The van der Waals surface area contributed by atoms with Gasteiger partial charge in [-0.1, -0.05) is 83.7 Å². The maximum absolute atomic E-state index is 10.3. The molecule has 4 aromatic carbocycles. The molecule has 0 spiro atoms. The molecule has 0 saturated carbocycles. The van der Waals surface area contributed by atoms with Crippen LogP contribution >= 0.6 is 11.6 Å². The summed E-state index contributed by atoms with van der Waals surface area (Å²) in [5.41, 5.74) is 4.52. The maximum atomic E-state index is 10.3. The van der Waals surface area contributed by atoms with Gasteiger partial charge in [0.2, 0.25) is 0 Å². The monoisotopic (exact) mass is 906 g/mol. The Morgan fingerprint density at radius 3 is 1.23 bits per heavy atom. The van der Waals surface area contributed by atoms with Gasteiger partial charge in [0.05, 0.1) is 45.5 Å². The topological polar surface area (TPSA) is 136 Å². The molecule has 0 aromatic heterocycles. The van der Waals surface area contributed by atoms with Gasteiger partial charge in [0.1, 0.15) is 73.8 Å². The van der Waals surface area contributed by atoms with E-state index >= 15 is 0 Å². The molecule has 12 nitrogen and oxygen atoms in total. The van der Waals surface area contributed by atoms with Crippen molar-refractivity contribution < 1.29 is 48.1 Å². The van der Waals surface area contributed by atoms with E-state index in [4.69, 9.17) is 49.5 Å². The van der Waals surface area contributed by atoms with Gasteiger partial charge in [0, 0.05) is 43.6 Å². The Bertz CT molecular complexity index is 1810. The predicted octanol–water partition coefficient (Wildman–Crippen LogP) is 6.87. The third-order valence-corrected chi connectivity index (χ3v) is 11.8. The lowest BCUT2D eigenvalue weighted by Crippen LogP contribution is -2.42. The summed E-state index contributed by atoms with van der Waals surface area (Å²) in [4.78, 5) is 2.19. The van der Waals surface area contributed by atoms with Gasteiger partial charge in [-0.15, -0.1) is 11.6 Å². The average Bonchev–Trinajstić information content (AvgIpc) is 4.28. The molecular formula is C51H71ClN2O10. The van der Waals surface area contributed by atoms with E-state index in [9.17, 15) is 10.2 Å². The molecular weight excluding hydrogens is 836 g/mol. The van der Waals surface area contributed by atoms with Crippen LogP contribution in [0.2, 0.25) is 0 Å². The fourth-order valence-corrected chi connectivity index (χ4v) is 7.08. The lowest BCUT2D eigenvalue weighted by molar-refractivity contribution is 0.00465. The molecule has 64 heavy (non-hydrogen) atoms. The molecule has 4 atom stereocenters. The standard InChI is InChI=1S/C25H34ClNO5.C21H24O4.C4H9NO.CH4/c1-25(2,19-3-7-23(8-4-19)31-17-21(28)15-26)20-5-9-24(10-6-20)32-18-22(29)16-27-11-13-30-14-12-27;1-21(2,15-3-7-17(8-4-15)22-11-19-13-24-19)16-5-9-18(10-6-16)23-12-20-14-25-20;1-3-6-4-2-5-1;/h3-10,21-22,28-29H,11-18H2,1-2H3;3-10,19-20H,11-14H2,1-2H3;5H,1-4H2;1H4. The summed E-state index contributed by atoms with van der Waals surface area (Å²) in [6.45, 7) is 19.7. The molecule has 4 aliphatic rings. The minimum Gasteiger partial charge on any atom is -0.491 e. The molecule has 4 saturated heterocycles. The minimum atomic E-state index is -0.672. The highest BCUT2D eigenvalue weighted by Crippen LogP contribution is 2.35. The molecule has 4 heterocycles. The lowest BCUT2D eigenvalue weighted by atomic mass is 9.78. The Kier molecular flexibility index (Phi) is 20.5. The average molecular weight is 908 g/mol. The number of nitrogens with one attached hydrogen (secondary N) is 1. The molecule has 0 radical (unpaired) electrons. The van der Waals surface area contributed by atoms with Crippen molar-refractivity contribution in [3.05, 3.63) is 119 Å². The van der Waals surface area contributed by atoms with Gasteiger partial charge in [-0.2, -0.15) is 0 Å². The first-order valence-electron chi connectivity index (χ1n) is 22.2. The summed E-state index contributed by atoms with van der Waals surface area (Å²) in [6, 6.07) is 32.6. The van der Waals surface area contributed by atoms with E-state index in [0.717, 1.165) is 94.2 Å². The first-order chi connectivity index (χ1) is 30.5. The molecule has 4 unspecified atom stereocenters. The third-order valence-electron chi connectivity index (χ3n) is 11.5. The minimum absolute atomic E-state index is 0. The van der Waals surface area contributed by atoms with Crippen molar-refractivity contribution in [3.63, 3.8) is 0 Å². The number of halogens is 1. The maximum Gasteiger partial charge on any atom is 0.119 e. The van der Waals surface area contributed by atoms with Crippen molar-refractivity contribution in [2.24, 2.45) is 0 Å². The number of rotatable bonds is 19. The van der Waals surface area contributed by atoms with Crippen LogP contribution in [0.4, 0.5) is 0 Å². The summed E-state index contributed by atoms with van der Waals surface area (Å²) in [6.07, 6.45) is -0.642.